The van der Waals surface area contributed by atoms with Crippen molar-refractivity contribution in [3.8, 4) is 0 Å². The Labute approximate surface area is 151 Å². The molecule has 1 aromatic carbocycles. The fourth-order valence-electron chi connectivity index (χ4n) is 3.31. The third-order valence-electron chi connectivity index (χ3n) is 4.74. The number of amides is 1. The van der Waals surface area contributed by atoms with Gasteiger partial charge in [0, 0.05) is 38.8 Å². The first-order valence-electron chi connectivity index (χ1n) is 7.98. The van der Waals surface area contributed by atoms with Crippen LogP contribution in [-0.2, 0) is 17.8 Å². The number of hydrogen-bond acceptors (Lipinski definition) is 3. The molecule has 130 valence electrons. The Morgan fingerprint density at radius 2 is 1.70 bits per heavy atom. The first-order valence-corrected chi connectivity index (χ1v) is 7.98. The van der Waals surface area contributed by atoms with Crippen LogP contribution in [0.2, 0.25) is 0 Å². The number of carbonyl (C=O) groups is 1. The minimum Gasteiger partial charge on any atom is -0.339 e. The summed E-state index contributed by atoms with van der Waals surface area (Å²) < 4.78 is 0. The average molecular weight is 360 g/mol. The number of halogens is 2. The number of rotatable bonds is 2. The van der Waals surface area contributed by atoms with Gasteiger partial charge in [0.05, 0.1) is 6.04 Å². The van der Waals surface area contributed by atoms with Crippen molar-refractivity contribution in [1.82, 2.24) is 15.1 Å². The molecule has 23 heavy (non-hydrogen) atoms. The molecule has 4 nitrogen and oxygen atoms in total. The zero-order chi connectivity index (χ0) is 14.8. The molecule has 2 aliphatic heterocycles. The molecule has 0 radical (unpaired) electrons. The fraction of sp³-hybridized carbons (Fsp3) is 0.588. The highest BCUT2D eigenvalue weighted by atomic mass is 35.5. The number of carbonyl (C=O) groups excluding carboxylic acids is 1. The van der Waals surface area contributed by atoms with E-state index in [9.17, 15) is 4.79 Å². The van der Waals surface area contributed by atoms with E-state index in [1.165, 1.54) is 11.1 Å². The average Bonchev–Trinajstić information content (AvgIpc) is 2.54. The summed E-state index contributed by atoms with van der Waals surface area (Å²) in [6.07, 6.45) is 0.819. The van der Waals surface area contributed by atoms with Crippen LogP contribution in [0.5, 0.6) is 0 Å². The Kier molecular flexibility index (Phi) is 7.81. The fourth-order valence-corrected chi connectivity index (χ4v) is 3.31. The summed E-state index contributed by atoms with van der Waals surface area (Å²) in [6, 6.07) is 8.94. The van der Waals surface area contributed by atoms with Crippen LogP contribution in [0.15, 0.2) is 24.3 Å². The van der Waals surface area contributed by atoms with Gasteiger partial charge in [-0.25, -0.2) is 0 Å². The molecule has 1 fully saturated rings. The molecule has 1 N–H and O–H groups in total. The van der Waals surface area contributed by atoms with E-state index in [1.807, 2.05) is 4.90 Å². The molecule has 1 aromatic rings. The van der Waals surface area contributed by atoms with Gasteiger partial charge >= 0.3 is 0 Å². The van der Waals surface area contributed by atoms with Crippen LogP contribution >= 0.6 is 24.8 Å². The van der Waals surface area contributed by atoms with Crippen LogP contribution in [0, 0.1) is 0 Å². The predicted molar refractivity (Wildman–Crippen MR) is 98.6 cm³/mol. The molecule has 1 unspecified atom stereocenters. The van der Waals surface area contributed by atoms with E-state index in [2.05, 4.69) is 48.3 Å². The maximum absolute atomic E-state index is 12.7. The molecule has 0 spiro atoms. The van der Waals surface area contributed by atoms with Crippen molar-refractivity contribution in [1.29, 1.82) is 0 Å². The summed E-state index contributed by atoms with van der Waals surface area (Å²) in [4.78, 5) is 17.2. The Bertz CT molecular complexity index is 516. The SMILES string of the molecule is CC(C)N1CCN(C(=O)C2Cc3ccccc3CN2)CC1.Cl.Cl. The monoisotopic (exact) mass is 359 g/mol. The molecule has 2 aliphatic rings. The zero-order valence-corrected chi connectivity index (χ0v) is 15.5. The summed E-state index contributed by atoms with van der Waals surface area (Å²) in [5.41, 5.74) is 2.64. The van der Waals surface area contributed by atoms with Gasteiger partial charge in [0.1, 0.15) is 0 Å². The normalized spacial score (nSPS) is 21.2. The lowest BCUT2D eigenvalue weighted by Gasteiger charge is -2.39. The van der Waals surface area contributed by atoms with Gasteiger partial charge in [-0.3, -0.25) is 9.69 Å². The third-order valence-corrected chi connectivity index (χ3v) is 4.74. The number of piperazine rings is 1. The lowest BCUT2D eigenvalue weighted by atomic mass is 9.95. The number of nitrogens with zero attached hydrogens (tertiary/aromatic N) is 2. The quantitative estimate of drug-likeness (QED) is 0.878. The first kappa shape index (κ1) is 20.2. The van der Waals surface area contributed by atoms with Gasteiger partial charge in [-0.15, -0.1) is 24.8 Å². The van der Waals surface area contributed by atoms with Gasteiger partial charge in [0.25, 0.3) is 0 Å². The highest BCUT2D eigenvalue weighted by molar-refractivity contribution is 5.85. The van der Waals surface area contributed by atoms with Crippen LogP contribution in [0.4, 0.5) is 0 Å². The van der Waals surface area contributed by atoms with Gasteiger partial charge in [0.15, 0.2) is 0 Å². The molecule has 3 rings (SSSR count). The Hall–Kier alpha value is -0.810. The second-order valence-corrected chi connectivity index (χ2v) is 6.36. The molecular formula is C17H27Cl2N3O. The number of benzene rings is 1. The Morgan fingerprint density at radius 3 is 2.30 bits per heavy atom. The molecule has 1 saturated heterocycles. The summed E-state index contributed by atoms with van der Waals surface area (Å²) in [6.45, 7) is 8.94. The van der Waals surface area contributed by atoms with E-state index in [0.29, 0.717) is 6.04 Å². The van der Waals surface area contributed by atoms with Crippen molar-refractivity contribution >= 4 is 30.7 Å². The van der Waals surface area contributed by atoms with Gasteiger partial charge in [-0.2, -0.15) is 0 Å². The minimum absolute atomic E-state index is 0. The maximum atomic E-state index is 12.7. The van der Waals surface area contributed by atoms with Crippen LogP contribution in [0.1, 0.15) is 25.0 Å². The van der Waals surface area contributed by atoms with E-state index in [-0.39, 0.29) is 36.8 Å². The maximum Gasteiger partial charge on any atom is 0.240 e. The van der Waals surface area contributed by atoms with E-state index >= 15 is 0 Å². The van der Waals surface area contributed by atoms with Crippen molar-refractivity contribution in [2.75, 3.05) is 26.2 Å². The molecule has 0 bridgehead atoms. The van der Waals surface area contributed by atoms with Gasteiger partial charge in [-0.1, -0.05) is 24.3 Å². The van der Waals surface area contributed by atoms with Crippen LogP contribution in [0.25, 0.3) is 0 Å². The number of fused-ring (bicyclic) bond motifs is 1. The van der Waals surface area contributed by atoms with Crippen molar-refractivity contribution in [2.24, 2.45) is 0 Å². The van der Waals surface area contributed by atoms with Gasteiger partial charge < -0.3 is 10.2 Å². The molecule has 1 atom stereocenters. The summed E-state index contributed by atoms with van der Waals surface area (Å²) in [7, 11) is 0. The second kappa shape index (κ2) is 8.88. The van der Waals surface area contributed by atoms with E-state index in [0.717, 1.165) is 39.1 Å². The number of nitrogens with one attached hydrogen (secondary N) is 1. The second-order valence-electron chi connectivity index (χ2n) is 6.36. The van der Waals surface area contributed by atoms with E-state index in [4.69, 9.17) is 0 Å². The highest BCUT2D eigenvalue weighted by Gasteiger charge is 2.30. The van der Waals surface area contributed by atoms with E-state index in [1.54, 1.807) is 0 Å². The molecule has 6 heteroatoms. The smallest absolute Gasteiger partial charge is 0.240 e. The van der Waals surface area contributed by atoms with Crippen LogP contribution < -0.4 is 5.32 Å². The highest BCUT2D eigenvalue weighted by Crippen LogP contribution is 2.18. The predicted octanol–water partition coefficient (Wildman–Crippen LogP) is 2.10. The first-order chi connectivity index (χ1) is 10.1. The van der Waals surface area contributed by atoms with Gasteiger partial charge in [-0.05, 0) is 31.4 Å². The van der Waals surface area contributed by atoms with Gasteiger partial charge in [0.2, 0.25) is 5.91 Å². The summed E-state index contributed by atoms with van der Waals surface area (Å²) >= 11 is 0. The molecule has 1 amide bonds. The van der Waals surface area contributed by atoms with Crippen LogP contribution in [-0.4, -0.2) is 54.0 Å². The van der Waals surface area contributed by atoms with Crippen molar-refractivity contribution in [3.63, 3.8) is 0 Å². The summed E-state index contributed by atoms with van der Waals surface area (Å²) in [5.74, 6) is 0.271. The van der Waals surface area contributed by atoms with Crippen molar-refractivity contribution < 1.29 is 4.79 Å². The Morgan fingerprint density at radius 1 is 1.09 bits per heavy atom. The standard InChI is InChI=1S/C17H25N3O.2ClH/c1-13(2)19-7-9-20(10-8-19)17(21)16-11-14-5-3-4-6-15(14)12-18-16;;/h3-6,13,16,18H,7-12H2,1-2H3;2*1H. The molecule has 2 heterocycles. The minimum atomic E-state index is -0.0505. The molecular weight excluding hydrogens is 333 g/mol. The molecule has 0 aliphatic carbocycles. The zero-order valence-electron chi connectivity index (χ0n) is 13.8. The number of hydrogen-bond donors (Lipinski definition) is 1. The molecule has 0 saturated carbocycles. The Balaban J connectivity index is 0.00000132. The summed E-state index contributed by atoms with van der Waals surface area (Å²) in [5, 5.41) is 3.40. The van der Waals surface area contributed by atoms with E-state index < -0.39 is 0 Å². The topological polar surface area (TPSA) is 35.6 Å². The molecule has 0 aromatic heterocycles. The van der Waals surface area contributed by atoms with Crippen LogP contribution in [0.3, 0.4) is 0 Å². The third kappa shape index (κ3) is 4.60. The van der Waals surface area contributed by atoms with Crippen molar-refractivity contribution in [3.05, 3.63) is 35.4 Å². The largest absolute Gasteiger partial charge is 0.339 e. The lowest BCUT2D eigenvalue weighted by Crippen LogP contribution is -2.56. The van der Waals surface area contributed by atoms with Crippen molar-refractivity contribution in [2.45, 2.75) is 38.9 Å². The lowest BCUT2D eigenvalue weighted by molar-refractivity contribution is -0.135.